The Morgan fingerprint density at radius 3 is 2.44 bits per heavy atom. The van der Waals surface area contributed by atoms with Crippen molar-refractivity contribution in [3.8, 4) is 11.5 Å². The minimum Gasteiger partial charge on any atom is -0.478 e. The van der Waals surface area contributed by atoms with Crippen molar-refractivity contribution >= 4 is 11.9 Å². The maximum absolute atomic E-state index is 14.0. The normalized spacial score (nSPS) is 15.9. The van der Waals surface area contributed by atoms with Crippen molar-refractivity contribution in [1.29, 1.82) is 0 Å². The minimum atomic E-state index is -2.76. The lowest BCUT2D eigenvalue weighted by Gasteiger charge is -2.11. The van der Waals surface area contributed by atoms with Crippen molar-refractivity contribution in [3.05, 3.63) is 53.7 Å². The van der Waals surface area contributed by atoms with E-state index in [2.05, 4.69) is 37.6 Å². The number of carboxylic acid groups (broad SMARTS) is 1. The van der Waals surface area contributed by atoms with Crippen LogP contribution in [0.15, 0.2) is 41.1 Å². The van der Waals surface area contributed by atoms with Crippen LogP contribution in [-0.4, -0.2) is 37.3 Å². The molecule has 0 radical (unpaired) electrons. The molecule has 1 unspecified atom stereocenters. The van der Waals surface area contributed by atoms with Gasteiger partial charge in [0.25, 0.3) is 17.5 Å². The van der Waals surface area contributed by atoms with Crippen LogP contribution in [0, 0.1) is 0 Å². The smallest absolute Gasteiger partial charge is 0.351 e. The molecule has 1 aromatic carbocycles. The SMILES string of the molecule is CC(F)(C(=O)O)c1nnc(-c2cnc(NC3Cc4ccccc4C3)nc2)o1. The molecule has 2 heterocycles. The largest absolute Gasteiger partial charge is 0.478 e. The molecule has 0 aliphatic heterocycles. The van der Waals surface area contributed by atoms with Gasteiger partial charge in [-0.15, -0.1) is 10.2 Å². The Hall–Kier alpha value is -3.36. The van der Waals surface area contributed by atoms with Crippen LogP contribution in [0.4, 0.5) is 10.3 Å². The Kier molecular flexibility index (Phi) is 4.06. The highest BCUT2D eigenvalue weighted by atomic mass is 19.1. The second-order valence-corrected chi connectivity index (χ2v) is 6.53. The van der Waals surface area contributed by atoms with Crippen molar-refractivity contribution in [1.82, 2.24) is 20.2 Å². The molecule has 1 atom stereocenters. The summed E-state index contributed by atoms with van der Waals surface area (Å²) in [4.78, 5) is 19.4. The third-order valence-corrected chi connectivity index (χ3v) is 4.51. The minimum absolute atomic E-state index is 0.0463. The van der Waals surface area contributed by atoms with Crippen molar-refractivity contribution in [2.24, 2.45) is 0 Å². The van der Waals surface area contributed by atoms with E-state index in [4.69, 9.17) is 9.52 Å². The molecule has 4 rings (SSSR count). The van der Waals surface area contributed by atoms with E-state index in [1.54, 1.807) is 0 Å². The van der Waals surface area contributed by atoms with Gasteiger partial charge in [0.05, 0.1) is 5.56 Å². The molecule has 1 aliphatic rings. The molecular formula is C18H16FN5O3. The molecule has 3 aromatic rings. The summed E-state index contributed by atoms with van der Waals surface area (Å²) in [5.41, 5.74) is 0.246. The van der Waals surface area contributed by atoms with Crippen LogP contribution in [0.1, 0.15) is 23.9 Å². The number of halogens is 1. The first-order valence-electron chi connectivity index (χ1n) is 8.35. The van der Waals surface area contributed by atoms with Crippen LogP contribution in [0.25, 0.3) is 11.5 Å². The van der Waals surface area contributed by atoms with Crippen molar-refractivity contribution < 1.29 is 18.7 Å². The molecule has 2 aromatic heterocycles. The summed E-state index contributed by atoms with van der Waals surface area (Å²) in [5.74, 6) is -1.92. The first-order chi connectivity index (χ1) is 12.9. The van der Waals surface area contributed by atoms with E-state index in [0.29, 0.717) is 11.5 Å². The monoisotopic (exact) mass is 369 g/mol. The quantitative estimate of drug-likeness (QED) is 0.705. The number of alkyl halides is 1. The van der Waals surface area contributed by atoms with Crippen molar-refractivity contribution in [2.45, 2.75) is 31.5 Å². The number of carbonyl (C=O) groups is 1. The van der Waals surface area contributed by atoms with Gasteiger partial charge in [-0.25, -0.2) is 19.2 Å². The number of aliphatic carboxylic acids is 1. The van der Waals surface area contributed by atoms with Crippen LogP contribution in [0.2, 0.25) is 0 Å². The first-order valence-corrected chi connectivity index (χ1v) is 8.35. The van der Waals surface area contributed by atoms with Gasteiger partial charge in [0.1, 0.15) is 0 Å². The number of fused-ring (bicyclic) bond motifs is 1. The molecule has 1 aliphatic carbocycles. The zero-order valence-corrected chi connectivity index (χ0v) is 14.4. The molecular weight excluding hydrogens is 353 g/mol. The predicted octanol–water partition coefficient (Wildman–Crippen LogP) is 2.38. The number of nitrogens with one attached hydrogen (secondary N) is 1. The summed E-state index contributed by atoms with van der Waals surface area (Å²) in [6, 6.07) is 8.50. The number of anilines is 1. The molecule has 0 saturated carbocycles. The number of benzene rings is 1. The summed E-state index contributed by atoms with van der Waals surface area (Å²) in [6.07, 6.45) is 4.73. The average molecular weight is 369 g/mol. The van der Waals surface area contributed by atoms with Crippen molar-refractivity contribution in [2.75, 3.05) is 5.32 Å². The van der Waals surface area contributed by atoms with Gasteiger partial charge in [-0.2, -0.15) is 0 Å². The Morgan fingerprint density at radius 1 is 1.22 bits per heavy atom. The first kappa shape index (κ1) is 17.1. The lowest BCUT2D eigenvalue weighted by atomic mass is 10.1. The van der Waals surface area contributed by atoms with E-state index in [9.17, 15) is 9.18 Å². The maximum Gasteiger partial charge on any atom is 0.351 e. The maximum atomic E-state index is 14.0. The second-order valence-electron chi connectivity index (χ2n) is 6.53. The van der Waals surface area contributed by atoms with Gasteiger partial charge in [0.2, 0.25) is 5.95 Å². The number of hydrogen-bond acceptors (Lipinski definition) is 7. The van der Waals surface area contributed by atoms with Gasteiger partial charge < -0.3 is 14.8 Å². The van der Waals surface area contributed by atoms with Gasteiger partial charge in [-0.1, -0.05) is 24.3 Å². The fourth-order valence-electron chi connectivity index (χ4n) is 2.98. The summed E-state index contributed by atoms with van der Waals surface area (Å²) in [6.45, 7) is 0.843. The molecule has 27 heavy (non-hydrogen) atoms. The van der Waals surface area contributed by atoms with Crippen LogP contribution in [0.3, 0.4) is 0 Å². The van der Waals surface area contributed by atoms with E-state index in [1.165, 1.54) is 23.5 Å². The molecule has 0 fully saturated rings. The van der Waals surface area contributed by atoms with E-state index in [0.717, 1.165) is 19.8 Å². The van der Waals surface area contributed by atoms with Gasteiger partial charge in [-0.05, 0) is 30.9 Å². The fraction of sp³-hybridized carbons (Fsp3) is 0.278. The van der Waals surface area contributed by atoms with E-state index in [-0.39, 0.29) is 11.9 Å². The van der Waals surface area contributed by atoms with Crippen LogP contribution in [-0.2, 0) is 23.3 Å². The van der Waals surface area contributed by atoms with E-state index >= 15 is 0 Å². The van der Waals surface area contributed by atoms with Crippen molar-refractivity contribution in [3.63, 3.8) is 0 Å². The number of carboxylic acids is 1. The van der Waals surface area contributed by atoms with Gasteiger partial charge >= 0.3 is 5.97 Å². The zero-order valence-electron chi connectivity index (χ0n) is 14.4. The third kappa shape index (κ3) is 3.23. The number of rotatable bonds is 5. The van der Waals surface area contributed by atoms with Gasteiger partial charge in [0.15, 0.2) is 0 Å². The molecule has 138 valence electrons. The molecule has 0 bridgehead atoms. The van der Waals surface area contributed by atoms with Crippen LogP contribution in [0.5, 0.6) is 0 Å². The molecule has 9 heteroatoms. The summed E-state index contributed by atoms with van der Waals surface area (Å²) >= 11 is 0. The number of hydrogen-bond donors (Lipinski definition) is 2. The van der Waals surface area contributed by atoms with Gasteiger partial charge in [-0.3, -0.25) is 0 Å². The second kappa shape index (κ2) is 6.42. The Labute approximate surface area is 153 Å². The molecule has 8 nitrogen and oxygen atoms in total. The summed E-state index contributed by atoms with van der Waals surface area (Å²) < 4.78 is 19.2. The lowest BCUT2D eigenvalue weighted by Crippen LogP contribution is -2.27. The topological polar surface area (TPSA) is 114 Å². The molecule has 0 spiro atoms. The standard InChI is InChI=1S/C18H16FN5O3/c1-18(19,16(25)26)15-24-23-14(27-15)12-8-20-17(21-9-12)22-13-6-10-4-2-3-5-11(10)7-13/h2-5,8-9,13H,6-7H2,1H3,(H,25,26)(H,20,21,22). The third-order valence-electron chi connectivity index (χ3n) is 4.51. The van der Waals surface area contributed by atoms with Crippen LogP contribution >= 0.6 is 0 Å². The zero-order chi connectivity index (χ0) is 19.0. The molecule has 2 N–H and O–H groups in total. The highest BCUT2D eigenvalue weighted by Crippen LogP contribution is 2.28. The average Bonchev–Trinajstić information content (AvgIpc) is 3.29. The van der Waals surface area contributed by atoms with E-state index < -0.39 is 17.5 Å². The highest BCUT2D eigenvalue weighted by Gasteiger charge is 2.41. The number of nitrogens with zero attached hydrogens (tertiary/aromatic N) is 4. The number of aromatic nitrogens is 4. The highest BCUT2D eigenvalue weighted by molar-refractivity contribution is 5.77. The summed E-state index contributed by atoms with van der Waals surface area (Å²) in [7, 11) is 0. The Balaban J connectivity index is 1.46. The predicted molar refractivity (Wildman–Crippen MR) is 92.7 cm³/mol. The fourth-order valence-corrected chi connectivity index (χ4v) is 2.98. The molecule has 0 amide bonds. The van der Waals surface area contributed by atoms with Gasteiger partial charge in [0, 0.05) is 18.4 Å². The lowest BCUT2D eigenvalue weighted by molar-refractivity contribution is -0.151. The molecule has 0 saturated heterocycles. The Bertz CT molecular complexity index is 962. The Morgan fingerprint density at radius 2 is 1.85 bits per heavy atom. The van der Waals surface area contributed by atoms with Crippen LogP contribution < -0.4 is 5.32 Å². The van der Waals surface area contributed by atoms with E-state index in [1.807, 2.05) is 12.1 Å². The summed E-state index contributed by atoms with van der Waals surface area (Å²) in [5, 5.41) is 19.3.